The first-order chi connectivity index (χ1) is 6.17. The molecule has 0 radical (unpaired) electrons. The number of nitrogens with zero attached hydrogens (tertiary/aromatic N) is 2. The number of nitrogens with one attached hydrogen (secondary N) is 1. The summed E-state index contributed by atoms with van der Waals surface area (Å²) in [7, 11) is 0. The van der Waals surface area contributed by atoms with Crippen molar-refractivity contribution in [3.63, 3.8) is 0 Å². The van der Waals surface area contributed by atoms with Gasteiger partial charge in [-0.3, -0.25) is 5.43 Å². The van der Waals surface area contributed by atoms with Gasteiger partial charge in [0, 0.05) is 6.42 Å². The summed E-state index contributed by atoms with van der Waals surface area (Å²) in [6.45, 7) is 4.09. The molecule has 1 heterocycles. The van der Waals surface area contributed by atoms with E-state index >= 15 is 0 Å². The molecule has 5 nitrogen and oxygen atoms in total. The molecule has 5 heteroatoms. The Morgan fingerprint density at radius 1 is 1.69 bits per heavy atom. The van der Waals surface area contributed by atoms with Crippen molar-refractivity contribution in [1.82, 2.24) is 4.98 Å². The second kappa shape index (κ2) is 3.92. The maximum absolute atomic E-state index is 8.63. The van der Waals surface area contributed by atoms with Crippen molar-refractivity contribution in [2.75, 3.05) is 5.43 Å². The van der Waals surface area contributed by atoms with E-state index in [0.717, 1.165) is 0 Å². The largest absolute Gasteiger partial charge is 0.422 e. The van der Waals surface area contributed by atoms with E-state index in [2.05, 4.69) is 10.4 Å². The number of anilines is 1. The van der Waals surface area contributed by atoms with Gasteiger partial charge in [0.05, 0.1) is 0 Å². The summed E-state index contributed by atoms with van der Waals surface area (Å²) in [5.41, 5.74) is 2.50. The van der Waals surface area contributed by atoms with Crippen LogP contribution in [0.4, 0.5) is 5.88 Å². The second-order valence-electron chi connectivity index (χ2n) is 3.14. The zero-order valence-electron chi connectivity index (χ0n) is 7.66. The van der Waals surface area contributed by atoms with Gasteiger partial charge in [0.2, 0.25) is 11.6 Å². The summed E-state index contributed by atoms with van der Waals surface area (Å²) < 4.78 is 5.20. The molecule has 0 fully saturated rings. The Bertz CT molecular complexity index is 323. The van der Waals surface area contributed by atoms with E-state index in [-0.39, 0.29) is 11.6 Å². The highest BCUT2D eigenvalue weighted by Gasteiger charge is 2.12. The van der Waals surface area contributed by atoms with Gasteiger partial charge in [-0.05, 0) is 5.92 Å². The van der Waals surface area contributed by atoms with Crippen LogP contribution in [-0.4, -0.2) is 4.98 Å². The summed E-state index contributed by atoms with van der Waals surface area (Å²) in [5, 5.41) is 8.63. The van der Waals surface area contributed by atoms with Gasteiger partial charge in [-0.2, -0.15) is 5.26 Å². The third-order valence-corrected chi connectivity index (χ3v) is 1.49. The molecule has 1 aromatic heterocycles. The van der Waals surface area contributed by atoms with E-state index < -0.39 is 0 Å². The molecule has 0 unspecified atom stereocenters. The smallest absolute Gasteiger partial charge is 0.246 e. The van der Waals surface area contributed by atoms with Gasteiger partial charge in [0.25, 0.3) is 0 Å². The number of nitrogen functional groups attached to an aromatic ring is 1. The number of hydrogen-bond donors (Lipinski definition) is 2. The molecule has 1 rings (SSSR count). The Morgan fingerprint density at radius 2 is 2.38 bits per heavy atom. The minimum Gasteiger partial charge on any atom is -0.422 e. The fraction of sp³-hybridized carbons (Fsp3) is 0.500. The van der Waals surface area contributed by atoms with E-state index in [1.54, 1.807) is 0 Å². The van der Waals surface area contributed by atoms with Gasteiger partial charge >= 0.3 is 0 Å². The molecule has 0 aliphatic carbocycles. The number of oxazole rings is 1. The SMILES string of the molecule is CC(C)Cc1nc(C#N)c(NN)o1. The zero-order valence-corrected chi connectivity index (χ0v) is 7.66. The van der Waals surface area contributed by atoms with Crippen molar-refractivity contribution in [3.8, 4) is 6.07 Å². The molecule has 0 atom stereocenters. The maximum atomic E-state index is 8.63. The summed E-state index contributed by atoms with van der Waals surface area (Å²) in [6.07, 6.45) is 0.705. The number of aromatic nitrogens is 1. The molecular weight excluding hydrogens is 168 g/mol. The zero-order chi connectivity index (χ0) is 9.84. The predicted molar refractivity (Wildman–Crippen MR) is 47.6 cm³/mol. The Labute approximate surface area is 76.5 Å². The molecule has 13 heavy (non-hydrogen) atoms. The van der Waals surface area contributed by atoms with Crippen LogP contribution >= 0.6 is 0 Å². The number of nitrogens with two attached hydrogens (primary N) is 1. The lowest BCUT2D eigenvalue weighted by molar-refractivity contribution is 0.466. The van der Waals surface area contributed by atoms with Crippen LogP contribution in [0.1, 0.15) is 25.4 Å². The van der Waals surface area contributed by atoms with E-state index in [9.17, 15) is 0 Å². The molecule has 0 amide bonds. The summed E-state index contributed by atoms with van der Waals surface area (Å²) >= 11 is 0. The third-order valence-electron chi connectivity index (χ3n) is 1.49. The Morgan fingerprint density at radius 3 is 2.77 bits per heavy atom. The van der Waals surface area contributed by atoms with Crippen LogP contribution in [0.25, 0.3) is 0 Å². The monoisotopic (exact) mass is 180 g/mol. The molecule has 0 bridgehead atoms. The van der Waals surface area contributed by atoms with Gasteiger partial charge in [-0.15, -0.1) is 0 Å². The lowest BCUT2D eigenvalue weighted by atomic mass is 10.1. The second-order valence-corrected chi connectivity index (χ2v) is 3.14. The fourth-order valence-electron chi connectivity index (χ4n) is 0.975. The summed E-state index contributed by atoms with van der Waals surface area (Å²) in [5.74, 6) is 6.35. The van der Waals surface area contributed by atoms with E-state index in [0.29, 0.717) is 18.2 Å². The van der Waals surface area contributed by atoms with Crippen molar-refractivity contribution in [2.45, 2.75) is 20.3 Å². The first-order valence-electron chi connectivity index (χ1n) is 4.03. The highest BCUT2D eigenvalue weighted by atomic mass is 16.4. The fourth-order valence-corrected chi connectivity index (χ4v) is 0.975. The van der Waals surface area contributed by atoms with Crippen LogP contribution in [-0.2, 0) is 6.42 Å². The summed E-state index contributed by atoms with van der Waals surface area (Å²) in [6, 6.07) is 1.89. The average molecular weight is 180 g/mol. The van der Waals surface area contributed by atoms with E-state index in [1.807, 2.05) is 19.9 Å². The lowest BCUT2D eigenvalue weighted by Crippen LogP contribution is -2.06. The van der Waals surface area contributed by atoms with Crippen LogP contribution in [0, 0.1) is 17.2 Å². The molecule has 0 aliphatic heterocycles. The van der Waals surface area contributed by atoms with Gasteiger partial charge in [-0.1, -0.05) is 13.8 Å². The Balaban J connectivity index is 2.88. The molecule has 3 N–H and O–H groups in total. The van der Waals surface area contributed by atoms with Gasteiger partial charge < -0.3 is 4.42 Å². The number of hydrazine groups is 1. The van der Waals surface area contributed by atoms with Crippen molar-refractivity contribution in [3.05, 3.63) is 11.6 Å². The maximum Gasteiger partial charge on any atom is 0.246 e. The quantitative estimate of drug-likeness (QED) is 0.535. The van der Waals surface area contributed by atoms with Gasteiger partial charge in [-0.25, -0.2) is 10.8 Å². The minimum absolute atomic E-state index is 0.207. The Hall–Kier alpha value is -1.54. The molecule has 0 saturated carbocycles. The van der Waals surface area contributed by atoms with Gasteiger partial charge in [0.1, 0.15) is 6.07 Å². The topological polar surface area (TPSA) is 87.9 Å². The molecule has 1 aromatic rings. The van der Waals surface area contributed by atoms with E-state index in [1.165, 1.54) is 0 Å². The van der Waals surface area contributed by atoms with Crippen LogP contribution in [0.5, 0.6) is 0 Å². The van der Waals surface area contributed by atoms with Crippen LogP contribution < -0.4 is 11.3 Å². The standard InChI is InChI=1S/C8H12N4O/c1-5(2)3-7-11-6(4-9)8(12-10)13-7/h5,12H,3,10H2,1-2H3. The highest BCUT2D eigenvalue weighted by molar-refractivity contribution is 5.43. The Kier molecular flexibility index (Phi) is 2.88. The number of nitriles is 1. The minimum atomic E-state index is 0.207. The highest BCUT2D eigenvalue weighted by Crippen LogP contribution is 2.17. The van der Waals surface area contributed by atoms with Crippen LogP contribution in [0.2, 0.25) is 0 Å². The lowest BCUT2D eigenvalue weighted by Gasteiger charge is -1.97. The van der Waals surface area contributed by atoms with E-state index in [4.69, 9.17) is 15.5 Å². The van der Waals surface area contributed by atoms with Crippen molar-refractivity contribution >= 4 is 5.88 Å². The normalized spacial score (nSPS) is 10.1. The van der Waals surface area contributed by atoms with Crippen molar-refractivity contribution in [1.29, 1.82) is 5.26 Å². The van der Waals surface area contributed by atoms with Gasteiger partial charge in [0.15, 0.2) is 5.89 Å². The molecule has 0 spiro atoms. The molecule has 70 valence electrons. The number of rotatable bonds is 3. The van der Waals surface area contributed by atoms with Crippen LogP contribution in [0.3, 0.4) is 0 Å². The first-order valence-corrected chi connectivity index (χ1v) is 4.03. The molecular formula is C8H12N4O. The van der Waals surface area contributed by atoms with Crippen LogP contribution in [0.15, 0.2) is 4.42 Å². The predicted octanol–water partition coefficient (Wildman–Crippen LogP) is 1.03. The summed E-state index contributed by atoms with van der Waals surface area (Å²) in [4.78, 5) is 3.97. The molecule has 0 aromatic carbocycles. The average Bonchev–Trinajstić information content (AvgIpc) is 2.45. The van der Waals surface area contributed by atoms with Crippen molar-refractivity contribution in [2.24, 2.45) is 11.8 Å². The van der Waals surface area contributed by atoms with Crippen molar-refractivity contribution < 1.29 is 4.42 Å². The number of hydrogen-bond acceptors (Lipinski definition) is 5. The third kappa shape index (κ3) is 2.20. The first kappa shape index (κ1) is 9.55. The molecule has 0 aliphatic rings. The molecule has 0 saturated heterocycles.